The van der Waals surface area contributed by atoms with Gasteiger partial charge in [0.2, 0.25) is 5.69 Å². The van der Waals surface area contributed by atoms with Gasteiger partial charge in [-0.25, -0.2) is 4.79 Å². The number of nitrogens with zero attached hydrogens (tertiary/aromatic N) is 2. The first kappa shape index (κ1) is 22.5. The van der Waals surface area contributed by atoms with Crippen LogP contribution in [0.15, 0.2) is 59.4 Å². The van der Waals surface area contributed by atoms with Gasteiger partial charge in [-0.2, -0.15) is 9.78 Å². The van der Waals surface area contributed by atoms with Gasteiger partial charge in [-0.15, -0.1) is 0 Å². The molecule has 1 N–H and O–H groups in total. The molecule has 0 unspecified atom stereocenters. The van der Waals surface area contributed by atoms with Crippen LogP contribution in [0.2, 0.25) is 0 Å². The van der Waals surface area contributed by atoms with Gasteiger partial charge in [-0.05, 0) is 49.7 Å². The average Bonchev–Trinajstić information content (AvgIpc) is 2.79. The molecule has 2 aromatic carbocycles. The standard InChI is InChI=1S/C23H23N3O6/c1-4-31-23(29)22-19(13-21(28)26(25-22)18-8-6-5-7-15(18)2)32-14-20(27)24-16-9-11-17(30-3)12-10-16/h5-13H,4,14H2,1-3H3,(H,24,27). The second-order valence-electron chi connectivity index (χ2n) is 6.68. The number of hydrogen-bond donors (Lipinski definition) is 1. The minimum Gasteiger partial charge on any atom is -0.497 e. The number of aromatic nitrogens is 2. The molecule has 1 heterocycles. The summed E-state index contributed by atoms with van der Waals surface area (Å²) in [6.45, 7) is 3.15. The van der Waals surface area contributed by atoms with Crippen molar-refractivity contribution in [2.24, 2.45) is 0 Å². The van der Waals surface area contributed by atoms with E-state index in [0.29, 0.717) is 17.1 Å². The Morgan fingerprint density at radius 1 is 1.09 bits per heavy atom. The molecule has 0 aliphatic rings. The number of ether oxygens (including phenoxy) is 3. The van der Waals surface area contributed by atoms with Crippen LogP contribution in [0.25, 0.3) is 5.69 Å². The number of benzene rings is 2. The van der Waals surface area contributed by atoms with E-state index in [9.17, 15) is 14.4 Å². The number of rotatable bonds is 8. The molecule has 9 nitrogen and oxygen atoms in total. The second-order valence-corrected chi connectivity index (χ2v) is 6.68. The Labute approximate surface area is 184 Å². The number of para-hydroxylation sites is 1. The van der Waals surface area contributed by atoms with Gasteiger partial charge in [0.1, 0.15) is 5.75 Å². The first-order valence-electron chi connectivity index (χ1n) is 9.87. The smallest absolute Gasteiger partial charge is 0.362 e. The molecule has 0 saturated heterocycles. The normalized spacial score (nSPS) is 10.3. The van der Waals surface area contributed by atoms with Crippen molar-refractivity contribution < 1.29 is 23.8 Å². The van der Waals surface area contributed by atoms with Crippen LogP contribution < -0.4 is 20.3 Å². The predicted molar refractivity (Wildman–Crippen MR) is 118 cm³/mol. The molecule has 1 amide bonds. The topological polar surface area (TPSA) is 109 Å². The second kappa shape index (κ2) is 10.3. The summed E-state index contributed by atoms with van der Waals surface area (Å²) in [6.07, 6.45) is 0. The lowest BCUT2D eigenvalue weighted by molar-refractivity contribution is -0.118. The van der Waals surface area contributed by atoms with E-state index in [4.69, 9.17) is 14.2 Å². The third-order valence-electron chi connectivity index (χ3n) is 4.44. The minimum absolute atomic E-state index is 0.113. The van der Waals surface area contributed by atoms with Crippen LogP contribution in [0, 0.1) is 6.92 Å². The van der Waals surface area contributed by atoms with Crippen molar-refractivity contribution in [2.45, 2.75) is 13.8 Å². The largest absolute Gasteiger partial charge is 0.497 e. The number of methoxy groups -OCH3 is 1. The van der Waals surface area contributed by atoms with Gasteiger partial charge >= 0.3 is 5.97 Å². The van der Waals surface area contributed by atoms with Crippen LogP contribution in [-0.2, 0) is 9.53 Å². The van der Waals surface area contributed by atoms with E-state index in [1.54, 1.807) is 50.4 Å². The van der Waals surface area contributed by atoms with E-state index in [2.05, 4.69) is 10.4 Å². The highest BCUT2D eigenvalue weighted by atomic mass is 16.5. The van der Waals surface area contributed by atoms with Crippen molar-refractivity contribution in [3.05, 3.63) is 76.2 Å². The zero-order chi connectivity index (χ0) is 23.1. The fraction of sp³-hybridized carbons (Fsp3) is 0.217. The third-order valence-corrected chi connectivity index (χ3v) is 4.44. The summed E-state index contributed by atoms with van der Waals surface area (Å²) in [5.41, 5.74) is 1.14. The van der Waals surface area contributed by atoms with Crippen molar-refractivity contribution in [1.82, 2.24) is 9.78 Å². The van der Waals surface area contributed by atoms with E-state index in [1.807, 2.05) is 19.1 Å². The van der Waals surface area contributed by atoms with Gasteiger partial charge in [0.25, 0.3) is 11.5 Å². The first-order valence-corrected chi connectivity index (χ1v) is 9.87. The SMILES string of the molecule is CCOC(=O)c1nn(-c2ccccc2C)c(=O)cc1OCC(=O)Nc1ccc(OC)cc1. The molecule has 0 fully saturated rings. The number of carbonyl (C=O) groups excluding carboxylic acids is 2. The summed E-state index contributed by atoms with van der Waals surface area (Å²) in [4.78, 5) is 37.4. The molecule has 166 valence electrons. The molecule has 0 bridgehead atoms. The lowest BCUT2D eigenvalue weighted by Gasteiger charge is -2.13. The maximum atomic E-state index is 12.7. The number of amides is 1. The Hall–Kier alpha value is -4.14. The summed E-state index contributed by atoms with van der Waals surface area (Å²) in [6, 6.07) is 15.0. The number of aryl methyl sites for hydroxylation is 1. The highest BCUT2D eigenvalue weighted by Gasteiger charge is 2.21. The quantitative estimate of drug-likeness (QED) is 0.540. The molecular weight excluding hydrogens is 414 g/mol. The summed E-state index contributed by atoms with van der Waals surface area (Å²) in [7, 11) is 1.55. The molecule has 32 heavy (non-hydrogen) atoms. The van der Waals surface area contributed by atoms with Gasteiger partial charge in [0.15, 0.2) is 12.4 Å². The van der Waals surface area contributed by atoms with Crippen molar-refractivity contribution in [3.63, 3.8) is 0 Å². The van der Waals surface area contributed by atoms with Gasteiger partial charge in [-0.3, -0.25) is 9.59 Å². The van der Waals surface area contributed by atoms with Crippen molar-refractivity contribution >= 4 is 17.6 Å². The van der Waals surface area contributed by atoms with Gasteiger partial charge < -0.3 is 19.5 Å². The molecule has 3 aromatic rings. The molecule has 0 spiro atoms. The summed E-state index contributed by atoms with van der Waals surface area (Å²) >= 11 is 0. The van der Waals surface area contributed by atoms with Crippen LogP contribution in [0.3, 0.4) is 0 Å². The minimum atomic E-state index is -0.764. The maximum Gasteiger partial charge on any atom is 0.362 e. The number of carbonyl (C=O) groups is 2. The monoisotopic (exact) mass is 437 g/mol. The molecule has 9 heteroatoms. The molecule has 0 aliphatic carbocycles. The van der Waals surface area contributed by atoms with Gasteiger partial charge in [-0.1, -0.05) is 18.2 Å². The fourth-order valence-corrected chi connectivity index (χ4v) is 2.88. The molecule has 0 radical (unpaired) electrons. The van der Waals surface area contributed by atoms with Crippen LogP contribution in [-0.4, -0.2) is 42.0 Å². The third kappa shape index (κ3) is 5.31. The van der Waals surface area contributed by atoms with Crippen LogP contribution in [0.5, 0.6) is 11.5 Å². The van der Waals surface area contributed by atoms with Crippen molar-refractivity contribution in [1.29, 1.82) is 0 Å². The van der Waals surface area contributed by atoms with Gasteiger partial charge in [0.05, 0.1) is 25.5 Å². The molecule has 1 aromatic heterocycles. The molecule has 0 aliphatic heterocycles. The number of esters is 1. The molecule has 3 rings (SSSR count). The summed E-state index contributed by atoms with van der Waals surface area (Å²) < 4.78 is 16.7. The van der Waals surface area contributed by atoms with E-state index in [-0.39, 0.29) is 18.1 Å². The van der Waals surface area contributed by atoms with Crippen LogP contribution in [0.4, 0.5) is 5.69 Å². The van der Waals surface area contributed by atoms with Crippen LogP contribution in [0.1, 0.15) is 23.0 Å². The van der Waals surface area contributed by atoms with E-state index in [1.165, 1.54) is 0 Å². The van der Waals surface area contributed by atoms with Crippen molar-refractivity contribution in [3.8, 4) is 17.2 Å². The Balaban J connectivity index is 1.83. The zero-order valence-corrected chi connectivity index (χ0v) is 18.0. The predicted octanol–water partition coefficient (Wildman–Crippen LogP) is 2.74. The lowest BCUT2D eigenvalue weighted by atomic mass is 10.2. The Morgan fingerprint density at radius 3 is 2.47 bits per heavy atom. The van der Waals surface area contributed by atoms with Crippen LogP contribution >= 0.6 is 0 Å². The first-order chi connectivity index (χ1) is 15.4. The lowest BCUT2D eigenvalue weighted by Crippen LogP contribution is -2.27. The van der Waals surface area contributed by atoms with E-state index >= 15 is 0 Å². The molecule has 0 atom stereocenters. The number of anilines is 1. The highest BCUT2D eigenvalue weighted by Crippen LogP contribution is 2.18. The summed E-state index contributed by atoms with van der Waals surface area (Å²) in [5, 5.41) is 6.82. The Kier molecular flexibility index (Phi) is 7.22. The Morgan fingerprint density at radius 2 is 1.81 bits per heavy atom. The highest BCUT2D eigenvalue weighted by molar-refractivity contribution is 5.93. The number of nitrogens with one attached hydrogen (secondary N) is 1. The zero-order valence-electron chi connectivity index (χ0n) is 18.0. The van der Waals surface area contributed by atoms with Crippen molar-refractivity contribution in [2.75, 3.05) is 25.6 Å². The summed E-state index contributed by atoms with van der Waals surface area (Å²) in [5.74, 6) is -0.727. The Bertz CT molecular complexity index is 1170. The fourth-order valence-electron chi connectivity index (χ4n) is 2.88. The molecule has 0 saturated carbocycles. The van der Waals surface area contributed by atoms with E-state index < -0.39 is 24.0 Å². The number of hydrogen-bond acceptors (Lipinski definition) is 7. The average molecular weight is 437 g/mol. The van der Waals surface area contributed by atoms with E-state index in [0.717, 1.165) is 16.3 Å². The van der Waals surface area contributed by atoms with Gasteiger partial charge in [0, 0.05) is 5.69 Å². The molecular formula is C23H23N3O6. The maximum absolute atomic E-state index is 12.7.